The summed E-state index contributed by atoms with van der Waals surface area (Å²) in [4.78, 5) is 17.8. The predicted molar refractivity (Wildman–Crippen MR) is 185 cm³/mol. The van der Waals surface area contributed by atoms with Crippen LogP contribution in [0.4, 0.5) is 23.1 Å². The van der Waals surface area contributed by atoms with Crippen molar-refractivity contribution in [1.29, 1.82) is 0 Å². The summed E-state index contributed by atoms with van der Waals surface area (Å²) in [5, 5.41) is 10.3. The van der Waals surface area contributed by atoms with Gasteiger partial charge in [-0.3, -0.25) is 0 Å². The van der Waals surface area contributed by atoms with Gasteiger partial charge in [-0.05, 0) is 73.9 Å². The van der Waals surface area contributed by atoms with Gasteiger partial charge in [-0.15, -0.1) is 0 Å². The molecule has 44 heavy (non-hydrogen) atoms. The van der Waals surface area contributed by atoms with Crippen molar-refractivity contribution < 1.29 is 9.05 Å². The van der Waals surface area contributed by atoms with Crippen molar-refractivity contribution in [2.75, 3.05) is 42.7 Å². The summed E-state index contributed by atoms with van der Waals surface area (Å²) < 4.78 is 7.83. The highest BCUT2D eigenvalue weighted by molar-refractivity contribution is 7.44. The van der Waals surface area contributed by atoms with E-state index in [1.54, 1.807) is 0 Å². The summed E-state index contributed by atoms with van der Waals surface area (Å²) in [5.74, 6) is 3.59. The molecule has 1 aliphatic carbocycles. The lowest BCUT2D eigenvalue weighted by atomic mass is 9.82. The molecule has 5 aromatic rings. The summed E-state index contributed by atoms with van der Waals surface area (Å²) in [5.41, 5.74) is 6.41. The molecule has 0 spiro atoms. The number of anilines is 4. The van der Waals surface area contributed by atoms with Gasteiger partial charge in [0.05, 0.1) is 5.52 Å². The molecule has 0 amide bonds. The van der Waals surface area contributed by atoms with Crippen LogP contribution >= 0.6 is 0 Å². The van der Waals surface area contributed by atoms with E-state index in [-0.39, 0.29) is 7.43 Å². The smallest absolute Gasteiger partial charge is 0.225 e. The molecule has 0 unspecified atom stereocenters. The number of aromatic nitrogens is 2. The number of fused-ring (bicyclic) bond motifs is 2. The number of nitrogens with one attached hydrogen (secondary N) is 3. The minimum absolute atomic E-state index is 0. The maximum absolute atomic E-state index is 7.83. The number of rotatable bonds is 10. The van der Waals surface area contributed by atoms with E-state index in [4.69, 9.17) is 19.0 Å². The van der Waals surface area contributed by atoms with Crippen molar-refractivity contribution in [3.05, 3.63) is 91.0 Å². The Hall–Kier alpha value is -4.34. The van der Waals surface area contributed by atoms with Gasteiger partial charge in [0.1, 0.15) is 5.82 Å². The van der Waals surface area contributed by atoms with Gasteiger partial charge in [-0.2, -0.15) is 14.7 Å². The van der Waals surface area contributed by atoms with E-state index >= 15 is 0 Å². The Bertz CT molecular complexity index is 1630. The van der Waals surface area contributed by atoms with E-state index in [0.29, 0.717) is 17.8 Å². The summed E-state index contributed by atoms with van der Waals surface area (Å²) >= 11 is 2.83. The molecule has 1 fully saturated rings. The monoisotopic (exact) mass is 610 g/mol. The first-order valence-electron chi connectivity index (χ1n) is 14.7. The second-order valence-corrected chi connectivity index (χ2v) is 11.1. The molecular formula is C35H42N6O2S. The molecule has 1 aromatic heterocycles. The average molecular weight is 611 g/mol. The van der Waals surface area contributed by atoms with E-state index in [1.807, 2.05) is 54.6 Å². The van der Waals surface area contributed by atoms with Crippen LogP contribution in [0, 0.1) is 11.8 Å². The van der Waals surface area contributed by atoms with Gasteiger partial charge in [-0.1, -0.05) is 62.0 Å². The Morgan fingerprint density at radius 1 is 0.750 bits per heavy atom. The molecule has 3 N–H and O–H groups in total. The summed E-state index contributed by atoms with van der Waals surface area (Å²) in [6.07, 6.45) is 4.73. The molecule has 0 radical (unpaired) electrons. The fourth-order valence-corrected chi connectivity index (χ4v) is 5.77. The Morgan fingerprint density at radius 2 is 1.39 bits per heavy atom. The zero-order chi connectivity index (χ0) is 30.0. The molecule has 230 valence electrons. The highest BCUT2D eigenvalue weighted by atomic mass is 32.1. The highest BCUT2D eigenvalue weighted by Crippen LogP contribution is 2.33. The second-order valence-electron chi connectivity index (χ2n) is 11.1. The number of hydrogen-bond donors (Lipinski definition) is 3. The topological polar surface area (TPSA) is 91.4 Å². The maximum Gasteiger partial charge on any atom is 0.225 e. The minimum atomic E-state index is 0. The van der Waals surface area contributed by atoms with Crippen LogP contribution in [0.1, 0.15) is 33.1 Å². The molecule has 1 aliphatic rings. The lowest BCUT2D eigenvalue weighted by molar-refractivity contribution is 0.157. The lowest BCUT2D eigenvalue weighted by Gasteiger charge is -2.28. The van der Waals surface area contributed by atoms with Gasteiger partial charge in [0.25, 0.3) is 0 Å². The first-order chi connectivity index (χ1) is 21.1. The number of nitrogens with zero attached hydrogens (tertiary/aromatic N) is 3. The fourth-order valence-electron chi connectivity index (χ4n) is 5.77. The molecule has 1 heterocycles. The van der Waals surface area contributed by atoms with Crippen LogP contribution in [0.25, 0.3) is 21.7 Å². The Labute approximate surface area is 265 Å². The Morgan fingerprint density at radius 3 is 2.14 bits per heavy atom. The molecule has 9 heteroatoms. The van der Waals surface area contributed by atoms with E-state index in [1.165, 1.54) is 36.8 Å². The van der Waals surface area contributed by atoms with E-state index in [2.05, 4.69) is 84.0 Å². The van der Waals surface area contributed by atoms with E-state index in [9.17, 15) is 0 Å². The van der Waals surface area contributed by atoms with Gasteiger partial charge < -0.3 is 20.4 Å². The van der Waals surface area contributed by atoms with Crippen LogP contribution in [-0.4, -0.2) is 41.4 Å². The van der Waals surface area contributed by atoms with Crippen LogP contribution in [0.5, 0.6) is 5.75 Å². The van der Waals surface area contributed by atoms with E-state index < -0.39 is 0 Å². The molecule has 1 saturated carbocycles. The quantitative estimate of drug-likeness (QED) is 0.138. The van der Waals surface area contributed by atoms with E-state index in [0.717, 1.165) is 46.6 Å². The van der Waals surface area contributed by atoms with Gasteiger partial charge in [0.15, 0.2) is 18.3 Å². The first kappa shape index (κ1) is 32.6. The minimum Gasteiger partial charge on any atom is -0.408 e. The molecule has 4 aromatic carbocycles. The third-order valence-electron chi connectivity index (χ3n) is 8.05. The SMILES string of the molecule is C.CN(C)c1cccc2c(ONCC3CCC(CNc4nc(Nc5ccccc5)c5ccccc5n4)CC3)cccc12.O=S. The molecule has 0 atom stereocenters. The van der Waals surface area contributed by atoms with Crippen molar-refractivity contribution in [3.8, 4) is 5.75 Å². The summed E-state index contributed by atoms with van der Waals surface area (Å²) in [6, 6.07) is 30.9. The predicted octanol–water partition coefficient (Wildman–Crippen LogP) is 7.69. The number of hydrogen-bond acceptors (Lipinski definition) is 9. The number of benzene rings is 4. The van der Waals surface area contributed by atoms with Crippen LogP contribution in [0.2, 0.25) is 0 Å². The maximum atomic E-state index is 7.83. The van der Waals surface area contributed by atoms with Gasteiger partial charge >= 0.3 is 0 Å². The largest absolute Gasteiger partial charge is 0.408 e. The molecule has 0 aliphatic heterocycles. The molecule has 0 bridgehead atoms. The second kappa shape index (κ2) is 15.9. The normalized spacial score (nSPS) is 15.9. The lowest BCUT2D eigenvalue weighted by Crippen LogP contribution is -2.30. The molecule has 6 rings (SSSR count). The summed E-state index contributed by atoms with van der Waals surface area (Å²) in [6.45, 7) is 1.73. The molecule has 8 nitrogen and oxygen atoms in total. The third-order valence-corrected chi connectivity index (χ3v) is 8.05. The third kappa shape index (κ3) is 7.98. The van der Waals surface area contributed by atoms with Gasteiger partial charge in [0, 0.05) is 54.7 Å². The molecule has 0 saturated heterocycles. The van der Waals surface area contributed by atoms with Gasteiger partial charge in [-0.25, -0.2) is 4.98 Å². The van der Waals surface area contributed by atoms with Crippen molar-refractivity contribution in [2.24, 2.45) is 11.8 Å². The van der Waals surface area contributed by atoms with Crippen LogP contribution in [-0.2, 0) is 12.5 Å². The Kier molecular flexibility index (Phi) is 11.8. The first-order valence-corrected chi connectivity index (χ1v) is 15.1. The number of hydroxylamine groups is 1. The average Bonchev–Trinajstić information content (AvgIpc) is 3.05. The van der Waals surface area contributed by atoms with Gasteiger partial charge in [0.2, 0.25) is 5.95 Å². The zero-order valence-electron chi connectivity index (χ0n) is 24.6. The van der Waals surface area contributed by atoms with Crippen molar-refractivity contribution in [2.45, 2.75) is 33.1 Å². The number of para-hydroxylation sites is 2. The highest BCUT2D eigenvalue weighted by Gasteiger charge is 2.22. The van der Waals surface area contributed by atoms with Crippen LogP contribution in [0.3, 0.4) is 0 Å². The summed E-state index contributed by atoms with van der Waals surface area (Å²) in [7, 11) is 4.14. The molecular weight excluding hydrogens is 568 g/mol. The Balaban J connectivity index is 0.00000144. The van der Waals surface area contributed by atoms with Crippen molar-refractivity contribution >= 4 is 57.3 Å². The van der Waals surface area contributed by atoms with Crippen LogP contribution < -0.4 is 25.9 Å². The zero-order valence-corrected chi connectivity index (χ0v) is 25.4. The van der Waals surface area contributed by atoms with Crippen molar-refractivity contribution in [3.63, 3.8) is 0 Å². The standard InChI is InChI=1S/C34H38N6O.CH4.OS/c1-40(2)31-16-8-14-28-27(31)13-9-17-32(28)41-36-23-25-20-18-24(19-21-25)22-35-34-38-30-15-7-6-12-29(30)33(39-34)37-26-10-4-3-5-11-26;;1-2/h3-17,24-25,36H,18-23H2,1-2H3,(H2,35,37,38,39);1H4;. The fraction of sp³-hybridized carbons (Fsp3) is 0.314. The van der Waals surface area contributed by atoms with Crippen LogP contribution in [0.15, 0.2) is 91.0 Å². The van der Waals surface area contributed by atoms with Crippen molar-refractivity contribution in [1.82, 2.24) is 15.4 Å².